The Balaban J connectivity index is 2.35. The standard InChI is InChI=1S/C9H10ClN3O3S/c1-2-16-9(15)12-8(14)13-17-7-5-6(10)3-4-11-7/h3-5H,2H2,1H3,(H2,12,13,14,15). The molecule has 2 N–H and O–H groups in total. The van der Waals surface area contributed by atoms with E-state index in [-0.39, 0.29) is 6.61 Å². The van der Waals surface area contributed by atoms with Crippen LogP contribution in [0.5, 0.6) is 0 Å². The zero-order chi connectivity index (χ0) is 12.7. The molecule has 0 aliphatic rings. The summed E-state index contributed by atoms with van der Waals surface area (Å²) < 4.78 is 6.89. The van der Waals surface area contributed by atoms with Crippen LogP contribution in [0.4, 0.5) is 9.59 Å². The molecule has 6 nitrogen and oxygen atoms in total. The number of nitrogens with zero attached hydrogens (tertiary/aromatic N) is 1. The molecule has 1 aromatic rings. The Morgan fingerprint density at radius 3 is 3.00 bits per heavy atom. The van der Waals surface area contributed by atoms with Gasteiger partial charge in [0.25, 0.3) is 0 Å². The van der Waals surface area contributed by atoms with Crippen LogP contribution < -0.4 is 10.0 Å². The molecule has 8 heteroatoms. The van der Waals surface area contributed by atoms with Crippen molar-refractivity contribution in [2.24, 2.45) is 0 Å². The fraction of sp³-hybridized carbons (Fsp3) is 0.222. The van der Waals surface area contributed by atoms with Crippen molar-refractivity contribution in [3.8, 4) is 0 Å². The largest absolute Gasteiger partial charge is 0.450 e. The monoisotopic (exact) mass is 275 g/mol. The van der Waals surface area contributed by atoms with Crippen LogP contribution in [-0.2, 0) is 4.74 Å². The molecule has 92 valence electrons. The average molecular weight is 276 g/mol. The van der Waals surface area contributed by atoms with Crippen LogP contribution in [-0.4, -0.2) is 23.7 Å². The van der Waals surface area contributed by atoms with Gasteiger partial charge in [-0.15, -0.1) is 0 Å². The second kappa shape index (κ2) is 6.97. The maximum absolute atomic E-state index is 11.2. The molecule has 1 rings (SSSR count). The predicted octanol–water partition coefficient (Wildman–Crippen LogP) is 2.20. The van der Waals surface area contributed by atoms with Gasteiger partial charge in [0.05, 0.1) is 6.61 Å². The number of rotatable bonds is 3. The molecule has 1 heterocycles. The maximum Gasteiger partial charge on any atom is 0.415 e. The van der Waals surface area contributed by atoms with Crippen LogP contribution in [0.1, 0.15) is 6.92 Å². The van der Waals surface area contributed by atoms with Gasteiger partial charge in [0.15, 0.2) is 0 Å². The molecule has 0 unspecified atom stereocenters. The first-order valence-corrected chi connectivity index (χ1v) is 5.83. The molecule has 3 amide bonds. The number of urea groups is 1. The van der Waals surface area contributed by atoms with Crippen LogP contribution in [0, 0.1) is 0 Å². The van der Waals surface area contributed by atoms with Gasteiger partial charge in [0.2, 0.25) is 0 Å². The lowest BCUT2D eigenvalue weighted by molar-refractivity contribution is 0.153. The van der Waals surface area contributed by atoms with Crippen molar-refractivity contribution in [2.75, 3.05) is 6.61 Å². The lowest BCUT2D eigenvalue weighted by Gasteiger charge is -2.05. The Kier molecular flexibility index (Phi) is 5.58. The molecular formula is C9H10ClN3O3S. The van der Waals surface area contributed by atoms with Crippen molar-refractivity contribution in [3.63, 3.8) is 0 Å². The maximum atomic E-state index is 11.2. The minimum absolute atomic E-state index is 0.197. The molecule has 0 aliphatic carbocycles. The molecule has 0 aromatic carbocycles. The summed E-state index contributed by atoms with van der Waals surface area (Å²) in [6.45, 7) is 1.84. The molecule has 0 spiro atoms. The topological polar surface area (TPSA) is 80.3 Å². The lowest BCUT2D eigenvalue weighted by atomic mass is 10.5. The van der Waals surface area contributed by atoms with Crippen LogP contribution in [0.15, 0.2) is 23.4 Å². The highest BCUT2D eigenvalue weighted by atomic mass is 35.5. The smallest absolute Gasteiger partial charge is 0.415 e. The Bertz CT molecular complexity index is 416. The summed E-state index contributed by atoms with van der Waals surface area (Å²) in [6, 6.07) is 2.51. The summed E-state index contributed by atoms with van der Waals surface area (Å²) in [5.41, 5.74) is 0. The van der Waals surface area contributed by atoms with E-state index in [2.05, 4.69) is 14.4 Å². The van der Waals surface area contributed by atoms with Crippen molar-refractivity contribution in [3.05, 3.63) is 23.4 Å². The normalized spacial score (nSPS) is 9.53. The van der Waals surface area contributed by atoms with E-state index in [1.807, 2.05) is 5.32 Å². The van der Waals surface area contributed by atoms with Gasteiger partial charge >= 0.3 is 12.1 Å². The predicted molar refractivity (Wildman–Crippen MR) is 63.8 cm³/mol. The van der Waals surface area contributed by atoms with Gasteiger partial charge in [-0.25, -0.2) is 19.9 Å². The second-order valence-corrected chi connectivity index (χ2v) is 3.95. The highest BCUT2D eigenvalue weighted by Gasteiger charge is 2.08. The number of halogens is 1. The third kappa shape index (κ3) is 5.41. The molecule has 0 fully saturated rings. The Morgan fingerprint density at radius 2 is 2.35 bits per heavy atom. The third-order valence-corrected chi connectivity index (χ3v) is 2.39. The number of aromatic nitrogens is 1. The van der Waals surface area contributed by atoms with Gasteiger partial charge in [0.1, 0.15) is 5.03 Å². The fourth-order valence-corrected chi connectivity index (χ4v) is 1.60. The molecule has 1 aromatic heterocycles. The van der Waals surface area contributed by atoms with Crippen molar-refractivity contribution >= 4 is 35.7 Å². The first-order valence-electron chi connectivity index (χ1n) is 4.64. The number of hydrogen-bond donors (Lipinski definition) is 2. The first-order chi connectivity index (χ1) is 8.11. The van der Waals surface area contributed by atoms with E-state index >= 15 is 0 Å². The molecule has 0 aliphatic heterocycles. The summed E-state index contributed by atoms with van der Waals surface area (Å²) in [7, 11) is 0. The van der Waals surface area contributed by atoms with Crippen molar-refractivity contribution in [1.29, 1.82) is 0 Å². The summed E-state index contributed by atoms with van der Waals surface area (Å²) in [4.78, 5) is 26.0. The molecule has 0 atom stereocenters. The van der Waals surface area contributed by atoms with Gasteiger partial charge in [0, 0.05) is 23.2 Å². The molecule has 0 saturated carbocycles. The number of amides is 3. The molecule has 0 saturated heterocycles. The number of hydrogen-bond acceptors (Lipinski definition) is 5. The van der Waals surface area contributed by atoms with Crippen LogP contribution >= 0.6 is 23.5 Å². The van der Waals surface area contributed by atoms with Crippen molar-refractivity contribution in [1.82, 2.24) is 15.0 Å². The summed E-state index contributed by atoms with van der Waals surface area (Å²) in [5, 5.41) is 2.99. The molecular weight excluding hydrogens is 266 g/mol. The highest BCUT2D eigenvalue weighted by Crippen LogP contribution is 2.15. The van der Waals surface area contributed by atoms with Crippen LogP contribution in [0.25, 0.3) is 0 Å². The lowest BCUT2D eigenvalue weighted by Crippen LogP contribution is -2.36. The van der Waals surface area contributed by atoms with E-state index in [1.165, 1.54) is 6.20 Å². The number of nitrogens with one attached hydrogen (secondary N) is 2. The van der Waals surface area contributed by atoms with E-state index < -0.39 is 12.1 Å². The van der Waals surface area contributed by atoms with Gasteiger partial charge in [-0.1, -0.05) is 11.6 Å². The zero-order valence-corrected chi connectivity index (χ0v) is 10.5. The number of imide groups is 1. The Labute approximate surface area is 107 Å². The number of carbonyl (C=O) groups is 2. The minimum atomic E-state index is -0.801. The summed E-state index contributed by atoms with van der Waals surface area (Å²) in [5.74, 6) is 0. The van der Waals surface area contributed by atoms with E-state index in [9.17, 15) is 9.59 Å². The average Bonchev–Trinajstić information content (AvgIpc) is 2.27. The quantitative estimate of drug-likeness (QED) is 0.827. The zero-order valence-electron chi connectivity index (χ0n) is 8.90. The van der Waals surface area contributed by atoms with E-state index in [0.717, 1.165) is 11.9 Å². The van der Waals surface area contributed by atoms with Crippen molar-refractivity contribution in [2.45, 2.75) is 11.9 Å². The SMILES string of the molecule is CCOC(=O)NC(=O)NSc1cc(Cl)ccn1. The van der Waals surface area contributed by atoms with Crippen molar-refractivity contribution < 1.29 is 14.3 Å². The molecule has 0 bridgehead atoms. The Morgan fingerprint density at radius 1 is 1.59 bits per heavy atom. The second-order valence-electron chi connectivity index (χ2n) is 2.69. The number of ether oxygens (including phenoxy) is 1. The number of alkyl carbamates (subject to hydrolysis) is 1. The van der Waals surface area contributed by atoms with Crippen LogP contribution in [0.3, 0.4) is 0 Å². The Hall–Kier alpha value is -1.47. The van der Waals surface area contributed by atoms with Gasteiger partial charge in [-0.2, -0.15) is 0 Å². The first kappa shape index (κ1) is 13.6. The fourth-order valence-electron chi connectivity index (χ4n) is 0.825. The number of pyridine rings is 1. The van der Waals surface area contributed by atoms with Gasteiger partial charge < -0.3 is 4.74 Å². The van der Waals surface area contributed by atoms with Crippen LogP contribution in [0.2, 0.25) is 5.02 Å². The van der Waals surface area contributed by atoms with Gasteiger partial charge in [-0.3, -0.25) is 4.72 Å². The third-order valence-electron chi connectivity index (χ3n) is 1.44. The molecule has 17 heavy (non-hydrogen) atoms. The van der Waals surface area contributed by atoms with E-state index in [4.69, 9.17) is 11.6 Å². The highest BCUT2D eigenvalue weighted by molar-refractivity contribution is 7.97. The van der Waals surface area contributed by atoms with E-state index in [0.29, 0.717) is 10.0 Å². The summed E-state index contributed by atoms with van der Waals surface area (Å²) in [6.07, 6.45) is 0.708. The molecule has 0 radical (unpaired) electrons. The minimum Gasteiger partial charge on any atom is -0.450 e. The number of carbonyl (C=O) groups excluding carboxylic acids is 2. The summed E-state index contributed by atoms with van der Waals surface area (Å²) >= 11 is 6.67. The van der Waals surface area contributed by atoms with Gasteiger partial charge in [-0.05, 0) is 19.1 Å². The van der Waals surface area contributed by atoms with E-state index in [1.54, 1.807) is 19.1 Å².